The van der Waals surface area contributed by atoms with Crippen LogP contribution in [-0.4, -0.2) is 30.0 Å². The predicted molar refractivity (Wildman–Crippen MR) is 104 cm³/mol. The Hall–Kier alpha value is -2.27. The average molecular weight is 389 g/mol. The van der Waals surface area contributed by atoms with Gasteiger partial charge in [0.05, 0.1) is 23.4 Å². The Morgan fingerprint density at radius 1 is 1.19 bits per heavy atom. The van der Waals surface area contributed by atoms with Gasteiger partial charge in [-0.25, -0.2) is 4.39 Å². The van der Waals surface area contributed by atoms with Crippen LogP contribution in [-0.2, 0) is 0 Å². The number of halogens is 2. The van der Waals surface area contributed by atoms with Gasteiger partial charge in [-0.3, -0.25) is 4.79 Å². The molecule has 2 saturated heterocycles. The molecule has 2 N–H and O–H groups in total. The number of rotatable bonds is 3. The van der Waals surface area contributed by atoms with E-state index in [2.05, 4.69) is 0 Å². The predicted octanol–water partition coefficient (Wildman–Crippen LogP) is 4.62. The maximum absolute atomic E-state index is 13.3. The van der Waals surface area contributed by atoms with Crippen LogP contribution in [0.25, 0.3) is 0 Å². The molecule has 1 amide bonds. The van der Waals surface area contributed by atoms with Gasteiger partial charge in [0.25, 0.3) is 5.91 Å². The third-order valence-electron chi connectivity index (χ3n) is 5.86. The number of piperidine rings is 1. The van der Waals surface area contributed by atoms with Crippen molar-refractivity contribution in [3.8, 4) is 5.75 Å². The minimum Gasteiger partial charge on any atom is -0.496 e. The molecule has 4 nitrogen and oxygen atoms in total. The summed E-state index contributed by atoms with van der Waals surface area (Å²) in [6, 6.07) is 10.3. The van der Waals surface area contributed by atoms with Gasteiger partial charge in [0.2, 0.25) is 0 Å². The average Bonchev–Trinajstić information content (AvgIpc) is 2.93. The van der Waals surface area contributed by atoms with Crippen LogP contribution >= 0.6 is 11.6 Å². The van der Waals surface area contributed by atoms with Crippen LogP contribution in [0.15, 0.2) is 36.4 Å². The molecule has 2 aliphatic heterocycles. The summed E-state index contributed by atoms with van der Waals surface area (Å²) in [7, 11) is 1.52. The van der Waals surface area contributed by atoms with Crippen molar-refractivity contribution in [3.05, 3.63) is 58.4 Å². The Morgan fingerprint density at radius 3 is 2.41 bits per heavy atom. The third-order valence-corrected chi connectivity index (χ3v) is 6.19. The fourth-order valence-corrected chi connectivity index (χ4v) is 4.72. The number of anilines is 1. The highest BCUT2D eigenvalue weighted by molar-refractivity contribution is 6.33. The highest BCUT2D eigenvalue weighted by atomic mass is 35.5. The van der Waals surface area contributed by atoms with Gasteiger partial charge in [-0.15, -0.1) is 0 Å². The highest BCUT2D eigenvalue weighted by Crippen LogP contribution is 2.44. The van der Waals surface area contributed by atoms with Gasteiger partial charge in [-0.2, -0.15) is 0 Å². The minimum atomic E-state index is -0.221. The molecule has 2 heterocycles. The minimum absolute atomic E-state index is 0.0567. The molecule has 2 fully saturated rings. The summed E-state index contributed by atoms with van der Waals surface area (Å²) in [6.45, 7) is 0. The standard InChI is InChI=1S/C21H22ClFN2O2/c1-27-20-11-19(24)18(22)10-17(20)21(26)25-15-6-7-16(25)9-13(8-15)12-2-4-14(23)5-3-12/h2-5,10-11,13,15-16H,6-9,24H2,1H3/t13?,15-,16+. The van der Waals surface area contributed by atoms with Gasteiger partial charge < -0.3 is 15.4 Å². The summed E-state index contributed by atoms with van der Waals surface area (Å²) in [5, 5.41) is 0.354. The van der Waals surface area contributed by atoms with Crippen molar-refractivity contribution in [2.45, 2.75) is 43.7 Å². The van der Waals surface area contributed by atoms with Gasteiger partial charge >= 0.3 is 0 Å². The van der Waals surface area contributed by atoms with E-state index in [1.165, 1.54) is 19.2 Å². The van der Waals surface area contributed by atoms with Crippen LogP contribution in [0.5, 0.6) is 5.75 Å². The van der Waals surface area contributed by atoms with E-state index in [0.29, 0.717) is 27.9 Å². The first-order chi connectivity index (χ1) is 13.0. The summed E-state index contributed by atoms with van der Waals surface area (Å²) in [5.74, 6) is 0.520. The molecule has 2 aromatic rings. The fraction of sp³-hybridized carbons (Fsp3) is 0.381. The topological polar surface area (TPSA) is 55.6 Å². The zero-order valence-electron chi connectivity index (χ0n) is 15.1. The summed E-state index contributed by atoms with van der Waals surface area (Å²) in [5.41, 5.74) is 7.83. The molecular weight excluding hydrogens is 367 g/mol. The number of carbonyl (C=O) groups excluding carboxylic acids is 1. The van der Waals surface area contributed by atoms with E-state index in [4.69, 9.17) is 22.1 Å². The summed E-state index contributed by atoms with van der Waals surface area (Å²) in [4.78, 5) is 15.3. The molecule has 2 bridgehead atoms. The van der Waals surface area contributed by atoms with Crippen molar-refractivity contribution in [2.75, 3.05) is 12.8 Å². The number of nitrogen functional groups attached to an aromatic ring is 1. The van der Waals surface area contributed by atoms with Crippen molar-refractivity contribution in [1.29, 1.82) is 0 Å². The monoisotopic (exact) mass is 388 g/mol. The molecule has 2 aliphatic rings. The first-order valence-electron chi connectivity index (χ1n) is 9.19. The van der Waals surface area contributed by atoms with Crippen molar-refractivity contribution in [1.82, 2.24) is 4.90 Å². The maximum Gasteiger partial charge on any atom is 0.258 e. The molecule has 6 heteroatoms. The van der Waals surface area contributed by atoms with Crippen LogP contribution in [0.1, 0.15) is 47.5 Å². The Labute approximate surface area is 163 Å². The van der Waals surface area contributed by atoms with Gasteiger partial charge in [0.15, 0.2) is 0 Å². The van der Waals surface area contributed by atoms with Crippen LogP contribution in [0, 0.1) is 5.82 Å². The normalized spacial score (nSPS) is 24.1. The lowest BCUT2D eigenvalue weighted by Gasteiger charge is -2.39. The van der Waals surface area contributed by atoms with Crippen LogP contribution in [0.2, 0.25) is 5.02 Å². The van der Waals surface area contributed by atoms with E-state index in [1.807, 2.05) is 17.0 Å². The highest BCUT2D eigenvalue weighted by Gasteiger charge is 2.44. The number of carbonyl (C=O) groups is 1. The van der Waals surface area contributed by atoms with Gasteiger partial charge in [-0.1, -0.05) is 23.7 Å². The molecule has 2 aromatic carbocycles. The van der Waals surface area contributed by atoms with Gasteiger partial charge in [0, 0.05) is 18.2 Å². The molecule has 27 heavy (non-hydrogen) atoms. The maximum atomic E-state index is 13.3. The van der Waals surface area contributed by atoms with Crippen molar-refractivity contribution < 1.29 is 13.9 Å². The number of hydrogen-bond donors (Lipinski definition) is 1. The fourth-order valence-electron chi connectivity index (χ4n) is 4.56. The van der Waals surface area contributed by atoms with Crippen LogP contribution < -0.4 is 10.5 Å². The van der Waals surface area contributed by atoms with E-state index >= 15 is 0 Å². The van der Waals surface area contributed by atoms with E-state index in [-0.39, 0.29) is 23.8 Å². The molecule has 142 valence electrons. The van der Waals surface area contributed by atoms with E-state index in [0.717, 1.165) is 31.2 Å². The molecule has 0 aromatic heterocycles. The number of nitrogens with two attached hydrogens (primary N) is 1. The number of ether oxygens (including phenoxy) is 1. The zero-order valence-corrected chi connectivity index (χ0v) is 15.9. The number of hydrogen-bond acceptors (Lipinski definition) is 3. The zero-order chi connectivity index (χ0) is 19.1. The lowest BCUT2D eigenvalue weighted by atomic mass is 9.84. The van der Waals surface area contributed by atoms with Crippen molar-refractivity contribution in [3.63, 3.8) is 0 Å². The second-order valence-electron chi connectivity index (χ2n) is 7.39. The second-order valence-corrected chi connectivity index (χ2v) is 7.80. The lowest BCUT2D eigenvalue weighted by molar-refractivity contribution is 0.0568. The van der Waals surface area contributed by atoms with Crippen molar-refractivity contribution in [2.24, 2.45) is 0 Å². The Balaban J connectivity index is 1.59. The summed E-state index contributed by atoms with van der Waals surface area (Å²) >= 11 is 6.15. The second kappa shape index (κ2) is 7.04. The largest absolute Gasteiger partial charge is 0.496 e. The first-order valence-corrected chi connectivity index (χ1v) is 9.57. The molecule has 0 aliphatic carbocycles. The SMILES string of the molecule is COc1cc(N)c(Cl)cc1C(=O)N1[C@@H]2CC[C@H]1CC(c1ccc(F)cc1)C2. The van der Waals surface area contributed by atoms with E-state index < -0.39 is 0 Å². The molecule has 0 radical (unpaired) electrons. The first kappa shape index (κ1) is 18.1. The molecular formula is C21H22ClFN2O2. The molecule has 3 atom stereocenters. The lowest BCUT2D eigenvalue weighted by Crippen LogP contribution is -2.46. The Kier molecular flexibility index (Phi) is 4.72. The summed E-state index contributed by atoms with van der Waals surface area (Å²) < 4.78 is 18.6. The number of benzene rings is 2. The third kappa shape index (κ3) is 3.25. The number of methoxy groups -OCH3 is 1. The Bertz CT molecular complexity index is 857. The van der Waals surface area contributed by atoms with E-state index in [9.17, 15) is 9.18 Å². The number of fused-ring (bicyclic) bond motifs is 2. The molecule has 0 spiro atoms. The molecule has 0 saturated carbocycles. The smallest absolute Gasteiger partial charge is 0.258 e. The molecule has 4 rings (SSSR count). The van der Waals surface area contributed by atoms with Crippen LogP contribution in [0.3, 0.4) is 0 Å². The quantitative estimate of drug-likeness (QED) is 0.780. The van der Waals surface area contributed by atoms with E-state index in [1.54, 1.807) is 12.1 Å². The van der Waals surface area contributed by atoms with Gasteiger partial charge in [-0.05, 0) is 55.4 Å². The number of nitrogens with zero attached hydrogens (tertiary/aromatic N) is 1. The summed E-state index contributed by atoms with van der Waals surface area (Å²) in [6.07, 6.45) is 3.75. The Morgan fingerprint density at radius 2 is 1.81 bits per heavy atom. The van der Waals surface area contributed by atoms with Crippen molar-refractivity contribution >= 4 is 23.2 Å². The van der Waals surface area contributed by atoms with Gasteiger partial charge in [0.1, 0.15) is 11.6 Å². The molecule has 1 unspecified atom stereocenters. The van der Waals surface area contributed by atoms with Crippen LogP contribution in [0.4, 0.5) is 10.1 Å². The number of amides is 1.